The number of hydrogen-bond donors (Lipinski definition) is 1. The van der Waals surface area contributed by atoms with Crippen LogP contribution in [0.2, 0.25) is 5.02 Å². The SMILES string of the molecule is O=C(Nc1ccc(Oc2ccc(OC(F)F)cc2)cc1)N1CC(c2ccc3c(c2)OCCO3)C(c2ccc(Cl)cc2)=N1. The normalized spacial score (nSPS) is 15.8. The summed E-state index contributed by atoms with van der Waals surface area (Å²) in [4.78, 5) is 13.3. The van der Waals surface area contributed by atoms with E-state index in [1.165, 1.54) is 29.3 Å². The molecule has 8 nitrogen and oxygen atoms in total. The van der Waals surface area contributed by atoms with Crippen LogP contribution in [-0.2, 0) is 0 Å². The van der Waals surface area contributed by atoms with Crippen molar-refractivity contribution >= 4 is 29.0 Å². The van der Waals surface area contributed by atoms with Gasteiger partial charge in [-0.2, -0.15) is 13.9 Å². The van der Waals surface area contributed by atoms with Gasteiger partial charge in [-0.25, -0.2) is 9.80 Å². The average Bonchev–Trinajstić information content (AvgIpc) is 3.45. The lowest BCUT2D eigenvalue weighted by Crippen LogP contribution is -2.30. The van der Waals surface area contributed by atoms with Crippen LogP contribution in [0.4, 0.5) is 19.3 Å². The summed E-state index contributed by atoms with van der Waals surface area (Å²) in [6.07, 6.45) is 0. The molecule has 42 heavy (non-hydrogen) atoms. The Kier molecular flexibility index (Phi) is 7.78. The second kappa shape index (κ2) is 12.0. The first kappa shape index (κ1) is 27.3. The molecule has 11 heteroatoms. The van der Waals surface area contributed by atoms with Gasteiger partial charge in [0.15, 0.2) is 11.5 Å². The van der Waals surface area contributed by atoms with Crippen molar-refractivity contribution in [3.05, 3.63) is 107 Å². The van der Waals surface area contributed by atoms with Crippen LogP contribution in [0.5, 0.6) is 28.7 Å². The predicted molar refractivity (Wildman–Crippen MR) is 153 cm³/mol. The highest BCUT2D eigenvalue weighted by atomic mass is 35.5. The lowest BCUT2D eigenvalue weighted by Gasteiger charge is -2.21. The number of urea groups is 1. The monoisotopic (exact) mass is 591 g/mol. The molecule has 4 aromatic carbocycles. The van der Waals surface area contributed by atoms with Crippen LogP contribution in [0.15, 0.2) is 96.1 Å². The number of hydrazone groups is 1. The third kappa shape index (κ3) is 6.23. The molecule has 0 saturated heterocycles. The Labute approximate surface area is 245 Å². The van der Waals surface area contributed by atoms with Crippen molar-refractivity contribution in [2.75, 3.05) is 25.1 Å². The summed E-state index contributed by atoms with van der Waals surface area (Å²) in [7, 11) is 0. The van der Waals surface area contributed by atoms with E-state index in [-0.39, 0.29) is 11.7 Å². The van der Waals surface area contributed by atoms with E-state index in [1.54, 1.807) is 36.4 Å². The van der Waals surface area contributed by atoms with Crippen molar-refractivity contribution in [1.82, 2.24) is 5.01 Å². The van der Waals surface area contributed by atoms with E-state index in [0.717, 1.165) is 16.8 Å². The molecule has 2 heterocycles. The number of hydrogen-bond acceptors (Lipinski definition) is 6. The first-order valence-electron chi connectivity index (χ1n) is 13.1. The second-order valence-corrected chi connectivity index (χ2v) is 9.87. The Balaban J connectivity index is 1.16. The summed E-state index contributed by atoms with van der Waals surface area (Å²) in [5, 5.41) is 9.57. The summed E-state index contributed by atoms with van der Waals surface area (Å²) in [5.74, 6) is 2.12. The molecule has 2 aliphatic heterocycles. The molecule has 0 bridgehead atoms. The minimum absolute atomic E-state index is 0.0374. The maximum Gasteiger partial charge on any atom is 0.387 e. The Morgan fingerprint density at radius 1 is 0.881 bits per heavy atom. The van der Waals surface area contributed by atoms with Gasteiger partial charge in [0.2, 0.25) is 0 Å². The van der Waals surface area contributed by atoms with E-state index in [0.29, 0.717) is 53.5 Å². The molecule has 0 aliphatic carbocycles. The molecule has 0 spiro atoms. The van der Waals surface area contributed by atoms with E-state index in [9.17, 15) is 13.6 Å². The zero-order chi connectivity index (χ0) is 29.1. The van der Waals surface area contributed by atoms with Gasteiger partial charge in [0.05, 0.1) is 12.3 Å². The standard InChI is InChI=1S/C31H24ClF2N3O5/c32-21-4-1-19(2-5-21)29-26(20-3-14-27-28(17-20)40-16-15-39-27)18-37(36-29)31(38)35-22-6-8-23(9-7-22)41-24-10-12-25(13-11-24)42-30(33)34/h1-14,17,26,30H,15-16,18H2,(H,35,38). The van der Waals surface area contributed by atoms with Crippen molar-refractivity contribution in [2.45, 2.75) is 12.5 Å². The number of nitrogens with one attached hydrogen (secondary N) is 1. The van der Waals surface area contributed by atoms with Crippen molar-refractivity contribution in [2.24, 2.45) is 5.10 Å². The molecular weight excluding hydrogens is 568 g/mol. The van der Waals surface area contributed by atoms with Crippen molar-refractivity contribution in [3.63, 3.8) is 0 Å². The summed E-state index contributed by atoms with van der Waals surface area (Å²) in [5.41, 5.74) is 3.06. The van der Waals surface area contributed by atoms with E-state index >= 15 is 0 Å². The van der Waals surface area contributed by atoms with Gasteiger partial charge in [-0.1, -0.05) is 29.8 Å². The maximum absolute atomic E-state index is 13.3. The lowest BCUT2D eigenvalue weighted by molar-refractivity contribution is -0.0498. The number of carbonyl (C=O) groups is 1. The number of carbonyl (C=O) groups excluding carboxylic acids is 1. The van der Waals surface area contributed by atoms with Crippen LogP contribution in [-0.4, -0.2) is 43.1 Å². The molecule has 1 atom stereocenters. The topological polar surface area (TPSA) is 81.6 Å². The molecule has 6 rings (SSSR count). The van der Waals surface area contributed by atoms with Crippen molar-refractivity contribution in [1.29, 1.82) is 0 Å². The quantitative estimate of drug-likeness (QED) is 0.240. The number of alkyl halides is 2. The summed E-state index contributed by atoms with van der Waals surface area (Å²) >= 11 is 6.12. The third-order valence-corrected chi connectivity index (χ3v) is 6.90. The van der Waals surface area contributed by atoms with Crippen molar-refractivity contribution < 1.29 is 32.5 Å². The zero-order valence-electron chi connectivity index (χ0n) is 22.0. The number of fused-ring (bicyclic) bond motifs is 1. The number of halogens is 3. The number of benzene rings is 4. The van der Waals surface area contributed by atoms with Crippen LogP contribution in [0.25, 0.3) is 0 Å². The largest absolute Gasteiger partial charge is 0.486 e. The van der Waals surface area contributed by atoms with Gasteiger partial charge < -0.3 is 24.3 Å². The van der Waals surface area contributed by atoms with Crippen LogP contribution < -0.4 is 24.3 Å². The number of ether oxygens (including phenoxy) is 4. The molecule has 1 unspecified atom stereocenters. The molecule has 2 amide bonds. The molecule has 1 N–H and O–H groups in total. The summed E-state index contributed by atoms with van der Waals surface area (Å²) < 4.78 is 46.3. The first-order chi connectivity index (χ1) is 20.4. The van der Waals surface area contributed by atoms with Crippen LogP contribution in [0, 0.1) is 0 Å². The van der Waals surface area contributed by atoms with E-state index in [2.05, 4.69) is 10.1 Å². The Morgan fingerprint density at radius 2 is 1.52 bits per heavy atom. The van der Waals surface area contributed by atoms with Gasteiger partial charge in [0.25, 0.3) is 0 Å². The highest BCUT2D eigenvalue weighted by Gasteiger charge is 2.33. The minimum atomic E-state index is -2.89. The van der Waals surface area contributed by atoms with Crippen molar-refractivity contribution in [3.8, 4) is 28.7 Å². The molecule has 0 saturated carbocycles. The number of amides is 2. The van der Waals surface area contributed by atoms with Gasteiger partial charge in [-0.3, -0.25) is 0 Å². The Bertz CT molecular complexity index is 1600. The number of anilines is 1. The third-order valence-electron chi connectivity index (χ3n) is 6.65. The summed E-state index contributed by atoms with van der Waals surface area (Å²) in [6.45, 7) is -1.61. The Morgan fingerprint density at radius 3 is 2.21 bits per heavy atom. The van der Waals surface area contributed by atoms with Gasteiger partial charge in [0.1, 0.15) is 30.5 Å². The molecule has 2 aliphatic rings. The van der Waals surface area contributed by atoms with Crippen LogP contribution in [0.1, 0.15) is 17.0 Å². The van der Waals surface area contributed by atoms with Gasteiger partial charge in [-0.05, 0) is 83.9 Å². The van der Waals surface area contributed by atoms with Gasteiger partial charge in [0, 0.05) is 16.6 Å². The van der Waals surface area contributed by atoms with E-state index < -0.39 is 12.6 Å². The molecule has 0 fully saturated rings. The average molecular weight is 592 g/mol. The fourth-order valence-corrected chi connectivity index (χ4v) is 4.79. The van der Waals surface area contributed by atoms with Crippen LogP contribution in [0.3, 0.4) is 0 Å². The fourth-order valence-electron chi connectivity index (χ4n) is 4.67. The lowest BCUT2D eigenvalue weighted by atomic mass is 9.90. The highest BCUT2D eigenvalue weighted by Crippen LogP contribution is 2.37. The van der Waals surface area contributed by atoms with E-state index in [4.69, 9.17) is 30.9 Å². The highest BCUT2D eigenvalue weighted by molar-refractivity contribution is 6.30. The zero-order valence-corrected chi connectivity index (χ0v) is 22.8. The molecular formula is C31H24ClF2N3O5. The second-order valence-electron chi connectivity index (χ2n) is 9.44. The first-order valence-corrected chi connectivity index (χ1v) is 13.4. The number of nitrogens with zero attached hydrogens (tertiary/aromatic N) is 2. The summed E-state index contributed by atoms with van der Waals surface area (Å²) in [6, 6.07) is 25.3. The predicted octanol–water partition coefficient (Wildman–Crippen LogP) is 7.54. The minimum Gasteiger partial charge on any atom is -0.486 e. The van der Waals surface area contributed by atoms with E-state index in [1.807, 2.05) is 30.3 Å². The molecule has 4 aromatic rings. The number of rotatable bonds is 7. The van der Waals surface area contributed by atoms with Gasteiger partial charge >= 0.3 is 12.6 Å². The Hall–Kier alpha value is -4.83. The molecule has 214 valence electrons. The fraction of sp³-hybridized carbons (Fsp3) is 0.161. The molecule has 0 radical (unpaired) electrons. The molecule has 0 aromatic heterocycles. The maximum atomic E-state index is 13.3. The van der Waals surface area contributed by atoms with Gasteiger partial charge in [-0.15, -0.1) is 0 Å². The van der Waals surface area contributed by atoms with Crippen LogP contribution >= 0.6 is 11.6 Å². The smallest absolute Gasteiger partial charge is 0.387 e.